The zero-order valence-corrected chi connectivity index (χ0v) is 18.9. The molecular weight excluding hydrogens is 459 g/mol. The lowest BCUT2D eigenvalue weighted by molar-refractivity contribution is -0.475. The molecule has 162 valence electrons. The predicted molar refractivity (Wildman–Crippen MR) is 119 cm³/mol. The van der Waals surface area contributed by atoms with E-state index in [9.17, 15) is 13.5 Å². The van der Waals surface area contributed by atoms with E-state index in [1.54, 1.807) is 66.7 Å². The lowest BCUT2D eigenvalue weighted by Crippen LogP contribution is -2.56. The van der Waals surface area contributed by atoms with E-state index in [0.29, 0.717) is 21.2 Å². The molecule has 1 N–H and O–H groups in total. The van der Waals surface area contributed by atoms with Gasteiger partial charge in [0.15, 0.2) is 15.4 Å². The van der Waals surface area contributed by atoms with Gasteiger partial charge in [0.2, 0.25) is 5.79 Å². The van der Waals surface area contributed by atoms with Crippen molar-refractivity contribution >= 4 is 33.0 Å². The van der Waals surface area contributed by atoms with Crippen LogP contribution in [-0.2, 0) is 25.2 Å². The summed E-state index contributed by atoms with van der Waals surface area (Å²) in [6.45, 7) is 1.28. The maximum absolute atomic E-state index is 13.5. The minimum atomic E-state index is -3.98. The lowest BCUT2D eigenvalue weighted by Gasteiger charge is -2.45. The summed E-state index contributed by atoms with van der Waals surface area (Å²) in [7, 11) is -3.98. The van der Waals surface area contributed by atoms with Crippen LogP contribution in [0.15, 0.2) is 83.8 Å². The van der Waals surface area contributed by atoms with Crippen molar-refractivity contribution in [3.63, 3.8) is 0 Å². The molecule has 0 bridgehead atoms. The summed E-state index contributed by atoms with van der Waals surface area (Å²) in [5, 5.41) is 10.6. The van der Waals surface area contributed by atoms with Gasteiger partial charge in [0, 0.05) is 16.5 Å². The number of aliphatic hydroxyl groups is 1. The zero-order chi connectivity index (χ0) is 22.3. The molecule has 1 heterocycles. The molecule has 0 radical (unpaired) electrons. The van der Waals surface area contributed by atoms with Crippen LogP contribution < -0.4 is 0 Å². The number of sulfone groups is 1. The Morgan fingerprint density at radius 3 is 1.81 bits per heavy atom. The molecular formula is C23H20Cl2O5S. The van der Waals surface area contributed by atoms with Gasteiger partial charge in [0.1, 0.15) is 5.25 Å². The Morgan fingerprint density at radius 2 is 1.32 bits per heavy atom. The van der Waals surface area contributed by atoms with Gasteiger partial charge < -0.3 is 5.11 Å². The van der Waals surface area contributed by atoms with E-state index in [0.717, 1.165) is 0 Å². The average Bonchev–Trinajstić information content (AvgIpc) is 2.76. The molecule has 8 heteroatoms. The van der Waals surface area contributed by atoms with Gasteiger partial charge in [0.25, 0.3) is 0 Å². The highest BCUT2D eigenvalue weighted by Gasteiger charge is 2.56. The van der Waals surface area contributed by atoms with E-state index in [1.165, 1.54) is 19.1 Å². The van der Waals surface area contributed by atoms with Crippen molar-refractivity contribution in [1.29, 1.82) is 0 Å². The smallest absolute Gasteiger partial charge is 0.213 e. The van der Waals surface area contributed by atoms with Crippen LogP contribution in [0.2, 0.25) is 10.0 Å². The van der Waals surface area contributed by atoms with Gasteiger partial charge in [-0.05, 0) is 54.4 Å². The largest absolute Gasteiger partial charge is 0.362 e. The fourth-order valence-corrected chi connectivity index (χ4v) is 5.99. The van der Waals surface area contributed by atoms with E-state index >= 15 is 0 Å². The molecule has 0 saturated carbocycles. The number of hydrogen-bond acceptors (Lipinski definition) is 5. The van der Waals surface area contributed by atoms with Crippen LogP contribution >= 0.6 is 23.2 Å². The molecule has 0 amide bonds. The van der Waals surface area contributed by atoms with Crippen LogP contribution in [0.1, 0.15) is 24.5 Å². The Morgan fingerprint density at radius 1 is 0.839 bits per heavy atom. The molecule has 0 aromatic heterocycles. The van der Waals surface area contributed by atoms with Crippen molar-refractivity contribution in [3.05, 3.63) is 100 Å². The van der Waals surface area contributed by atoms with Crippen molar-refractivity contribution in [2.75, 3.05) is 0 Å². The molecule has 3 aromatic carbocycles. The van der Waals surface area contributed by atoms with Crippen molar-refractivity contribution < 1.29 is 23.3 Å². The molecule has 1 aliphatic rings. The van der Waals surface area contributed by atoms with Crippen LogP contribution in [-0.4, -0.2) is 24.6 Å². The summed E-state index contributed by atoms with van der Waals surface area (Å²) >= 11 is 12.1. The van der Waals surface area contributed by atoms with Crippen molar-refractivity contribution in [3.8, 4) is 0 Å². The molecule has 1 fully saturated rings. The number of halogens is 2. The van der Waals surface area contributed by atoms with Crippen molar-refractivity contribution in [2.24, 2.45) is 0 Å². The summed E-state index contributed by atoms with van der Waals surface area (Å²) in [5.74, 6) is -2.07. The van der Waals surface area contributed by atoms with E-state index < -0.39 is 26.5 Å². The first-order valence-corrected chi connectivity index (χ1v) is 11.9. The minimum Gasteiger partial charge on any atom is -0.362 e. The SMILES string of the molecule is C[C@@]1(O)OOC(c2ccc(Cl)cc2)(c2ccc(Cl)cc2)C[C@@H]1S(=O)(=O)c1ccccc1. The third kappa shape index (κ3) is 4.12. The van der Waals surface area contributed by atoms with Crippen LogP contribution in [0.4, 0.5) is 0 Å². The Balaban J connectivity index is 1.88. The Kier molecular flexibility index (Phi) is 5.89. The summed E-state index contributed by atoms with van der Waals surface area (Å²) < 4.78 is 27.0. The van der Waals surface area contributed by atoms with Gasteiger partial charge in [-0.15, -0.1) is 0 Å². The topological polar surface area (TPSA) is 72.8 Å². The van der Waals surface area contributed by atoms with Gasteiger partial charge in [-0.1, -0.05) is 65.7 Å². The molecule has 1 aliphatic heterocycles. The summed E-state index contributed by atoms with van der Waals surface area (Å²) in [6.07, 6.45) is -0.0967. The summed E-state index contributed by atoms with van der Waals surface area (Å²) in [5.41, 5.74) is -0.0600. The fourth-order valence-electron chi connectivity index (χ4n) is 3.80. The van der Waals surface area contributed by atoms with Gasteiger partial charge in [-0.2, -0.15) is 4.89 Å². The molecule has 1 saturated heterocycles. The second-order valence-electron chi connectivity index (χ2n) is 7.61. The standard InChI is InChI=1S/C23H20Cl2O5S/c1-22(26)21(31(27,28)20-5-3-2-4-6-20)15-23(30-29-22,16-7-11-18(24)12-8-16)17-9-13-19(25)14-10-17/h2-14,21,26H,15H2,1H3/t21-,22+/m0/s1. The quantitative estimate of drug-likeness (QED) is 0.525. The third-order valence-corrected chi connectivity index (χ3v) is 8.28. The maximum atomic E-state index is 13.5. The molecule has 0 spiro atoms. The number of hydrogen-bond donors (Lipinski definition) is 1. The monoisotopic (exact) mass is 478 g/mol. The molecule has 31 heavy (non-hydrogen) atoms. The van der Waals surface area contributed by atoms with Crippen molar-refractivity contribution in [1.82, 2.24) is 0 Å². The first-order valence-electron chi connectivity index (χ1n) is 9.55. The van der Waals surface area contributed by atoms with Gasteiger partial charge in [0.05, 0.1) is 4.90 Å². The van der Waals surface area contributed by atoms with Crippen LogP contribution in [0.25, 0.3) is 0 Å². The van der Waals surface area contributed by atoms with Crippen LogP contribution in [0.5, 0.6) is 0 Å². The van der Waals surface area contributed by atoms with Crippen LogP contribution in [0.3, 0.4) is 0 Å². The lowest BCUT2D eigenvalue weighted by atomic mass is 9.80. The Labute approximate surface area is 191 Å². The minimum absolute atomic E-state index is 0.0897. The molecule has 4 rings (SSSR count). The van der Waals surface area contributed by atoms with Crippen molar-refractivity contribution in [2.45, 2.75) is 34.9 Å². The number of rotatable bonds is 4. The molecule has 5 nitrogen and oxygen atoms in total. The molecule has 2 atom stereocenters. The van der Waals surface area contributed by atoms with E-state index in [-0.39, 0.29) is 11.3 Å². The van der Waals surface area contributed by atoms with Gasteiger partial charge >= 0.3 is 0 Å². The van der Waals surface area contributed by atoms with E-state index in [2.05, 4.69) is 0 Å². The first kappa shape index (κ1) is 22.3. The summed E-state index contributed by atoms with van der Waals surface area (Å²) in [6, 6.07) is 21.7. The highest BCUT2D eigenvalue weighted by molar-refractivity contribution is 7.92. The summed E-state index contributed by atoms with van der Waals surface area (Å²) in [4.78, 5) is 11.3. The van der Waals surface area contributed by atoms with Crippen LogP contribution in [0, 0.1) is 0 Å². The highest BCUT2D eigenvalue weighted by Crippen LogP contribution is 2.47. The van der Waals surface area contributed by atoms with Gasteiger partial charge in [-0.3, -0.25) is 0 Å². The zero-order valence-electron chi connectivity index (χ0n) is 16.5. The molecule has 0 aliphatic carbocycles. The fraction of sp³-hybridized carbons (Fsp3) is 0.217. The third-order valence-electron chi connectivity index (χ3n) is 5.49. The average molecular weight is 479 g/mol. The maximum Gasteiger partial charge on any atom is 0.213 e. The second-order valence-corrected chi connectivity index (χ2v) is 10.6. The highest BCUT2D eigenvalue weighted by atomic mass is 35.5. The predicted octanol–water partition coefficient (Wildman–Crippen LogP) is 5.14. The Hall–Kier alpha value is -1.93. The molecule has 0 unspecified atom stereocenters. The van der Waals surface area contributed by atoms with Gasteiger partial charge in [-0.25, -0.2) is 13.3 Å². The first-order chi connectivity index (χ1) is 14.6. The number of benzene rings is 3. The Bertz CT molecular complexity index is 1120. The normalized spacial score (nSPS) is 23.4. The second kappa shape index (κ2) is 8.20. The molecule has 3 aromatic rings. The van der Waals surface area contributed by atoms with E-state index in [1.807, 2.05) is 0 Å². The van der Waals surface area contributed by atoms with E-state index in [4.69, 9.17) is 33.0 Å².